The zero-order valence-corrected chi connectivity index (χ0v) is 33.6. The van der Waals surface area contributed by atoms with E-state index in [1.807, 2.05) is 13.8 Å². The Bertz CT molecular complexity index is 1250. The quantitative estimate of drug-likeness (QED) is 0.137. The molecule has 1 unspecified atom stereocenters. The largest absolute Gasteiger partial charge is 0.465 e. The number of rotatable bonds is 15. The molecule has 1 heterocycles. The van der Waals surface area contributed by atoms with Gasteiger partial charge in [-0.2, -0.15) is 0 Å². The number of carbonyl (C=O) groups excluding carboxylic acids is 1. The van der Waals surface area contributed by atoms with Gasteiger partial charge in [-0.15, -0.1) is 0 Å². The van der Waals surface area contributed by atoms with Crippen LogP contribution in [0.1, 0.15) is 127 Å². The average Bonchev–Trinajstić information content (AvgIpc) is 3.05. The number of ether oxygens (including phenoxy) is 3. The van der Waals surface area contributed by atoms with E-state index in [1.165, 1.54) is 36.1 Å². The second-order valence-electron chi connectivity index (χ2n) is 17.3. The third-order valence-electron chi connectivity index (χ3n) is 11.8. The van der Waals surface area contributed by atoms with E-state index in [0.717, 1.165) is 32.1 Å². The monoisotopic (exact) mass is 692 g/mol. The highest BCUT2D eigenvalue weighted by Crippen LogP contribution is 2.45. The Morgan fingerprint density at radius 2 is 1.39 bits per heavy atom. The maximum absolute atomic E-state index is 13.0. The highest BCUT2D eigenvalue weighted by Gasteiger charge is 2.50. The lowest BCUT2D eigenvalue weighted by molar-refractivity contribution is -0.302. The Kier molecular flexibility index (Phi) is 13.8. The summed E-state index contributed by atoms with van der Waals surface area (Å²) in [5.74, 6) is 1.45. The molecule has 0 radical (unpaired) electrons. The lowest BCUT2D eigenvalue weighted by Crippen LogP contribution is -2.66. The summed E-state index contributed by atoms with van der Waals surface area (Å²) in [6.07, 6.45) is 9.64. The predicted octanol–water partition coefficient (Wildman–Crippen LogP) is 9.70. The zero-order valence-electron chi connectivity index (χ0n) is 32.6. The summed E-state index contributed by atoms with van der Waals surface area (Å²) < 4.78 is 26.5. The summed E-state index contributed by atoms with van der Waals surface area (Å²) in [6.45, 7) is 23.1. The molecular formula is C43H68O5Si. The van der Waals surface area contributed by atoms with Gasteiger partial charge in [0.1, 0.15) is 0 Å². The van der Waals surface area contributed by atoms with E-state index in [4.69, 9.17) is 18.6 Å². The van der Waals surface area contributed by atoms with Crippen LogP contribution in [0.3, 0.4) is 0 Å². The van der Waals surface area contributed by atoms with Crippen LogP contribution in [0.25, 0.3) is 0 Å². The maximum atomic E-state index is 13.0. The summed E-state index contributed by atoms with van der Waals surface area (Å²) in [5.41, 5.74) is -0.437. The van der Waals surface area contributed by atoms with Gasteiger partial charge in [0, 0.05) is 13.0 Å². The molecule has 49 heavy (non-hydrogen) atoms. The minimum atomic E-state index is -2.61. The topological polar surface area (TPSA) is 54.0 Å². The van der Waals surface area contributed by atoms with Gasteiger partial charge >= 0.3 is 5.97 Å². The molecule has 2 aromatic carbocycles. The van der Waals surface area contributed by atoms with E-state index in [9.17, 15) is 4.79 Å². The third-order valence-corrected chi connectivity index (χ3v) is 16.8. The van der Waals surface area contributed by atoms with Crippen LogP contribution in [-0.4, -0.2) is 45.5 Å². The molecular weight excluding hydrogens is 625 g/mol. The van der Waals surface area contributed by atoms with Gasteiger partial charge in [-0.1, -0.05) is 121 Å². The Balaban J connectivity index is 1.45. The van der Waals surface area contributed by atoms with Gasteiger partial charge < -0.3 is 18.6 Å². The second kappa shape index (κ2) is 17.0. The van der Waals surface area contributed by atoms with Crippen molar-refractivity contribution in [2.45, 2.75) is 150 Å². The molecule has 2 aromatic rings. The lowest BCUT2D eigenvalue weighted by Gasteiger charge is -2.45. The first-order chi connectivity index (χ1) is 23.1. The van der Waals surface area contributed by atoms with Crippen LogP contribution in [0, 0.1) is 29.1 Å². The van der Waals surface area contributed by atoms with Gasteiger partial charge in [0.15, 0.2) is 5.79 Å². The molecule has 274 valence electrons. The van der Waals surface area contributed by atoms with Crippen LogP contribution in [-0.2, 0) is 23.4 Å². The minimum Gasteiger partial charge on any atom is -0.465 e. The molecule has 2 aliphatic rings. The maximum Gasteiger partial charge on any atom is 0.311 e. The molecule has 5 nitrogen and oxygen atoms in total. The van der Waals surface area contributed by atoms with Crippen LogP contribution in [0.15, 0.2) is 60.7 Å². The zero-order chi connectivity index (χ0) is 35.9. The Labute approximate surface area is 300 Å². The normalized spacial score (nSPS) is 26.3. The second-order valence-corrected chi connectivity index (χ2v) is 21.6. The highest BCUT2D eigenvalue weighted by molar-refractivity contribution is 6.99. The first kappa shape index (κ1) is 39.8. The Morgan fingerprint density at radius 1 is 0.816 bits per heavy atom. The van der Waals surface area contributed by atoms with Crippen molar-refractivity contribution in [3.05, 3.63) is 60.7 Å². The molecule has 1 saturated heterocycles. The summed E-state index contributed by atoms with van der Waals surface area (Å²) in [5, 5.41) is 2.56. The van der Waals surface area contributed by atoms with Crippen molar-refractivity contribution in [3.8, 4) is 0 Å². The first-order valence-corrected chi connectivity index (χ1v) is 21.3. The smallest absolute Gasteiger partial charge is 0.311 e. The Morgan fingerprint density at radius 3 is 1.92 bits per heavy atom. The molecule has 4 rings (SSSR count). The van der Waals surface area contributed by atoms with Crippen LogP contribution in [0.4, 0.5) is 0 Å². The molecule has 1 saturated carbocycles. The van der Waals surface area contributed by atoms with Gasteiger partial charge in [0.05, 0.1) is 24.2 Å². The van der Waals surface area contributed by atoms with E-state index in [0.29, 0.717) is 36.9 Å². The van der Waals surface area contributed by atoms with Crippen molar-refractivity contribution in [2.75, 3.05) is 13.2 Å². The fourth-order valence-corrected chi connectivity index (χ4v) is 13.3. The van der Waals surface area contributed by atoms with Crippen molar-refractivity contribution in [2.24, 2.45) is 29.1 Å². The fraction of sp³-hybridized carbons (Fsp3) is 0.698. The van der Waals surface area contributed by atoms with Crippen molar-refractivity contribution < 1.29 is 23.4 Å². The molecule has 6 atom stereocenters. The van der Waals surface area contributed by atoms with Gasteiger partial charge in [-0.25, -0.2) is 0 Å². The van der Waals surface area contributed by atoms with E-state index in [-0.39, 0.29) is 23.2 Å². The molecule has 0 N–H and O–H groups in total. The van der Waals surface area contributed by atoms with Crippen LogP contribution in [0.5, 0.6) is 0 Å². The lowest BCUT2D eigenvalue weighted by atomic mass is 9.64. The molecule has 0 amide bonds. The van der Waals surface area contributed by atoms with Crippen molar-refractivity contribution in [3.63, 3.8) is 0 Å². The standard InChI is InChI=1S/C43H68O5Si/c1-11-19-33-25-24-32(3)38(39(33)31-45-40(44)42(7,8)12-2)27-26-34-30-35(48-43(9,10)47-34)28-29-46-49(41(4,5)6,36-20-15-13-16-21-36)37-22-17-14-18-23-37/h13-18,20-23,32-35,38-39H,11-12,19,24-31H2,1-10H3/t32-,33+,34-,35?,38-,39-/m0/s1. The average molecular weight is 693 g/mol. The molecule has 2 fully saturated rings. The number of esters is 1. The van der Waals surface area contributed by atoms with Gasteiger partial charge in [0.25, 0.3) is 8.32 Å². The molecule has 6 heteroatoms. The first-order valence-electron chi connectivity index (χ1n) is 19.4. The number of carbonyl (C=O) groups is 1. The molecule has 1 aliphatic heterocycles. The van der Waals surface area contributed by atoms with E-state index in [2.05, 4.69) is 116 Å². The van der Waals surface area contributed by atoms with Crippen molar-refractivity contribution in [1.82, 2.24) is 0 Å². The minimum absolute atomic E-state index is 0.0557. The number of hydrogen-bond acceptors (Lipinski definition) is 5. The van der Waals surface area contributed by atoms with E-state index >= 15 is 0 Å². The molecule has 1 aliphatic carbocycles. The van der Waals surface area contributed by atoms with Crippen molar-refractivity contribution >= 4 is 24.7 Å². The molecule has 0 bridgehead atoms. The Hall–Kier alpha value is -1.99. The number of hydrogen-bond donors (Lipinski definition) is 0. The van der Waals surface area contributed by atoms with Gasteiger partial charge in [0.2, 0.25) is 0 Å². The molecule has 0 aromatic heterocycles. The number of benzene rings is 2. The SMILES string of the molecule is CCC[C@@H]1CC[C@H](C)[C@H](CC[C@H]2CC(CCO[Si](c3ccccc3)(c3ccccc3)C(C)(C)C)OC(C)(C)O2)[C@H]1COC(=O)C(C)(C)CC. The van der Waals surface area contributed by atoms with Crippen LogP contribution < -0.4 is 10.4 Å². The summed E-state index contributed by atoms with van der Waals surface area (Å²) in [7, 11) is -2.61. The van der Waals surface area contributed by atoms with E-state index in [1.54, 1.807) is 0 Å². The van der Waals surface area contributed by atoms with E-state index < -0.39 is 19.5 Å². The van der Waals surface area contributed by atoms with Crippen molar-refractivity contribution in [1.29, 1.82) is 0 Å². The predicted molar refractivity (Wildman–Crippen MR) is 205 cm³/mol. The molecule has 0 spiro atoms. The summed E-state index contributed by atoms with van der Waals surface area (Å²) in [4.78, 5) is 13.0. The van der Waals surface area contributed by atoms with Crippen LogP contribution in [0.2, 0.25) is 5.04 Å². The van der Waals surface area contributed by atoms with Gasteiger partial charge in [-0.05, 0) is 98.9 Å². The van der Waals surface area contributed by atoms with Gasteiger partial charge in [-0.3, -0.25) is 4.79 Å². The summed E-state index contributed by atoms with van der Waals surface area (Å²) in [6, 6.07) is 21.8. The third kappa shape index (κ3) is 9.87. The summed E-state index contributed by atoms with van der Waals surface area (Å²) >= 11 is 0. The van der Waals surface area contributed by atoms with Crippen LogP contribution >= 0.6 is 0 Å². The highest BCUT2D eigenvalue weighted by atomic mass is 28.4. The fourth-order valence-electron chi connectivity index (χ4n) is 8.73.